The molecule has 0 amide bonds. The van der Waals surface area contributed by atoms with Crippen molar-refractivity contribution in [2.45, 2.75) is 19.4 Å². The van der Waals surface area contributed by atoms with Crippen LogP contribution in [0.2, 0.25) is 0 Å². The first-order valence-electron chi connectivity index (χ1n) is 5.62. The Labute approximate surface area is 107 Å². The largest absolute Gasteiger partial charge is 0.388 e. The van der Waals surface area contributed by atoms with E-state index >= 15 is 0 Å². The predicted molar refractivity (Wildman–Crippen MR) is 72.4 cm³/mol. The van der Waals surface area contributed by atoms with Crippen LogP contribution in [0.25, 0.3) is 0 Å². The normalized spacial score (nSPS) is 19.1. The highest BCUT2D eigenvalue weighted by Gasteiger charge is 2.30. The highest BCUT2D eigenvalue weighted by molar-refractivity contribution is 7.80. The second-order valence-electron chi connectivity index (χ2n) is 4.78. The maximum atomic E-state index is 5.61. The Kier molecular flexibility index (Phi) is 3.31. The van der Waals surface area contributed by atoms with E-state index in [0.717, 1.165) is 25.4 Å². The van der Waals surface area contributed by atoms with Crippen LogP contribution in [0.5, 0.6) is 0 Å². The topological polar surface area (TPSA) is 51.4 Å². The van der Waals surface area contributed by atoms with Crippen molar-refractivity contribution in [2.24, 2.45) is 5.73 Å². The SMILES string of the molecule is CC1(C)COCCN1c1ccnc(C(N)=S)c1. The number of anilines is 1. The molecule has 0 spiro atoms. The van der Waals surface area contributed by atoms with E-state index in [1.54, 1.807) is 6.20 Å². The van der Waals surface area contributed by atoms with Gasteiger partial charge in [0.05, 0.1) is 24.4 Å². The molecule has 0 radical (unpaired) electrons. The van der Waals surface area contributed by atoms with Gasteiger partial charge in [0.1, 0.15) is 4.99 Å². The van der Waals surface area contributed by atoms with Gasteiger partial charge in [0.25, 0.3) is 0 Å². The van der Waals surface area contributed by atoms with Gasteiger partial charge in [-0.3, -0.25) is 4.98 Å². The fourth-order valence-electron chi connectivity index (χ4n) is 2.06. The zero-order valence-electron chi connectivity index (χ0n) is 10.1. The molecule has 0 atom stereocenters. The lowest BCUT2D eigenvalue weighted by Gasteiger charge is -2.43. The molecule has 1 aliphatic rings. The van der Waals surface area contributed by atoms with Gasteiger partial charge >= 0.3 is 0 Å². The van der Waals surface area contributed by atoms with Crippen LogP contribution in [0.3, 0.4) is 0 Å². The van der Waals surface area contributed by atoms with Crippen LogP contribution in [-0.2, 0) is 4.74 Å². The van der Waals surface area contributed by atoms with Crippen LogP contribution in [-0.4, -0.2) is 35.3 Å². The molecule has 2 heterocycles. The summed E-state index contributed by atoms with van der Waals surface area (Å²) in [4.78, 5) is 6.79. The van der Waals surface area contributed by atoms with Crippen molar-refractivity contribution in [3.05, 3.63) is 24.0 Å². The molecule has 0 bridgehead atoms. The minimum Gasteiger partial charge on any atom is -0.388 e. The lowest BCUT2D eigenvalue weighted by molar-refractivity contribution is 0.0644. The molecule has 1 aromatic rings. The number of aromatic nitrogens is 1. The van der Waals surface area contributed by atoms with Crippen molar-refractivity contribution >= 4 is 22.9 Å². The molecule has 0 saturated carbocycles. The summed E-state index contributed by atoms with van der Waals surface area (Å²) >= 11 is 4.95. The maximum absolute atomic E-state index is 5.61. The zero-order valence-corrected chi connectivity index (χ0v) is 11.0. The summed E-state index contributed by atoms with van der Waals surface area (Å²) in [5.74, 6) is 0. The van der Waals surface area contributed by atoms with E-state index in [4.69, 9.17) is 22.7 Å². The van der Waals surface area contributed by atoms with Crippen molar-refractivity contribution in [2.75, 3.05) is 24.7 Å². The summed E-state index contributed by atoms with van der Waals surface area (Å²) in [5, 5.41) is 0. The Morgan fingerprint density at radius 1 is 1.59 bits per heavy atom. The van der Waals surface area contributed by atoms with Crippen LogP contribution >= 0.6 is 12.2 Å². The molecule has 2 N–H and O–H groups in total. The summed E-state index contributed by atoms with van der Waals surface area (Å²) in [7, 11) is 0. The number of hydrogen-bond acceptors (Lipinski definition) is 4. The molecular weight excluding hydrogens is 234 g/mol. The molecule has 1 aromatic heterocycles. The monoisotopic (exact) mass is 251 g/mol. The standard InChI is InChI=1S/C12H17N3OS/c1-12(2)8-16-6-5-15(12)9-3-4-14-10(7-9)11(13)17/h3-4,7H,5-6,8H2,1-2H3,(H2,13,17). The van der Waals surface area contributed by atoms with E-state index in [-0.39, 0.29) is 5.54 Å². The van der Waals surface area contributed by atoms with Gasteiger partial charge in [-0.1, -0.05) is 12.2 Å². The maximum Gasteiger partial charge on any atom is 0.122 e. The fraction of sp³-hybridized carbons (Fsp3) is 0.500. The second kappa shape index (κ2) is 4.58. The quantitative estimate of drug-likeness (QED) is 0.804. The average Bonchev–Trinajstić information content (AvgIpc) is 2.28. The Morgan fingerprint density at radius 3 is 3.00 bits per heavy atom. The van der Waals surface area contributed by atoms with Crippen LogP contribution in [0, 0.1) is 0 Å². The number of nitrogens with zero attached hydrogens (tertiary/aromatic N) is 2. The second-order valence-corrected chi connectivity index (χ2v) is 5.22. The van der Waals surface area contributed by atoms with Crippen LogP contribution in [0.4, 0.5) is 5.69 Å². The number of nitrogens with two attached hydrogens (primary N) is 1. The Bertz CT molecular complexity index is 434. The first-order chi connectivity index (χ1) is 8.00. The minimum absolute atomic E-state index is 0.0207. The Morgan fingerprint density at radius 2 is 2.35 bits per heavy atom. The number of rotatable bonds is 2. The minimum atomic E-state index is -0.0207. The smallest absolute Gasteiger partial charge is 0.122 e. The molecule has 1 fully saturated rings. The van der Waals surface area contributed by atoms with Crippen LogP contribution in [0.1, 0.15) is 19.5 Å². The number of hydrogen-bond donors (Lipinski definition) is 1. The Balaban J connectivity index is 2.32. The highest BCUT2D eigenvalue weighted by atomic mass is 32.1. The van der Waals surface area contributed by atoms with Crippen molar-refractivity contribution < 1.29 is 4.74 Å². The van der Waals surface area contributed by atoms with Gasteiger partial charge in [0.15, 0.2) is 0 Å². The van der Waals surface area contributed by atoms with Crippen molar-refractivity contribution in [3.63, 3.8) is 0 Å². The van der Waals surface area contributed by atoms with E-state index < -0.39 is 0 Å². The molecule has 0 unspecified atom stereocenters. The van der Waals surface area contributed by atoms with Crippen molar-refractivity contribution in [3.8, 4) is 0 Å². The molecule has 0 aromatic carbocycles. The summed E-state index contributed by atoms with van der Waals surface area (Å²) in [6.07, 6.45) is 1.75. The highest BCUT2D eigenvalue weighted by Crippen LogP contribution is 2.26. The van der Waals surface area contributed by atoms with E-state index in [9.17, 15) is 0 Å². The van der Waals surface area contributed by atoms with Gasteiger partial charge in [-0.25, -0.2) is 0 Å². The summed E-state index contributed by atoms with van der Waals surface area (Å²) in [6.45, 7) is 6.65. The molecule has 2 rings (SSSR count). The van der Waals surface area contributed by atoms with Gasteiger partial charge in [0, 0.05) is 18.4 Å². The van der Waals surface area contributed by atoms with Crippen LogP contribution < -0.4 is 10.6 Å². The van der Waals surface area contributed by atoms with Gasteiger partial charge in [-0.05, 0) is 26.0 Å². The molecule has 1 saturated heterocycles. The lowest BCUT2D eigenvalue weighted by atomic mass is 10.0. The zero-order chi connectivity index (χ0) is 12.5. The summed E-state index contributed by atoms with van der Waals surface area (Å²) in [6, 6.07) is 3.92. The van der Waals surface area contributed by atoms with E-state index in [1.165, 1.54) is 0 Å². The summed E-state index contributed by atoms with van der Waals surface area (Å²) < 4.78 is 5.51. The Hall–Kier alpha value is -1.20. The number of ether oxygens (including phenoxy) is 1. The molecule has 5 heteroatoms. The fourth-order valence-corrected chi connectivity index (χ4v) is 2.17. The third kappa shape index (κ3) is 2.56. The van der Waals surface area contributed by atoms with Crippen LogP contribution in [0.15, 0.2) is 18.3 Å². The first-order valence-corrected chi connectivity index (χ1v) is 6.03. The van der Waals surface area contributed by atoms with Gasteiger partial charge in [0.2, 0.25) is 0 Å². The molecular formula is C12H17N3OS. The van der Waals surface area contributed by atoms with E-state index in [1.807, 2.05) is 12.1 Å². The van der Waals surface area contributed by atoms with Gasteiger partial charge in [-0.15, -0.1) is 0 Å². The first kappa shape index (κ1) is 12.3. The number of pyridine rings is 1. The molecule has 17 heavy (non-hydrogen) atoms. The number of morpholine rings is 1. The molecule has 4 nitrogen and oxygen atoms in total. The lowest BCUT2D eigenvalue weighted by Crippen LogP contribution is -2.53. The van der Waals surface area contributed by atoms with Crippen molar-refractivity contribution in [1.29, 1.82) is 0 Å². The molecule has 0 aliphatic carbocycles. The molecule has 1 aliphatic heterocycles. The van der Waals surface area contributed by atoms with E-state index in [2.05, 4.69) is 23.7 Å². The van der Waals surface area contributed by atoms with Crippen molar-refractivity contribution in [1.82, 2.24) is 4.98 Å². The molecule has 92 valence electrons. The third-order valence-electron chi connectivity index (χ3n) is 2.95. The number of thiocarbonyl (C=S) groups is 1. The van der Waals surface area contributed by atoms with Gasteiger partial charge in [-0.2, -0.15) is 0 Å². The predicted octanol–water partition coefficient (Wildman–Crippen LogP) is 1.33. The summed E-state index contributed by atoms with van der Waals surface area (Å²) in [5.41, 5.74) is 7.34. The van der Waals surface area contributed by atoms with E-state index in [0.29, 0.717) is 10.7 Å². The average molecular weight is 251 g/mol. The third-order valence-corrected chi connectivity index (χ3v) is 3.16. The van der Waals surface area contributed by atoms with Gasteiger partial charge < -0.3 is 15.4 Å².